The van der Waals surface area contributed by atoms with Crippen molar-refractivity contribution in [2.45, 2.75) is 12.6 Å². The molecule has 0 aliphatic heterocycles. The summed E-state index contributed by atoms with van der Waals surface area (Å²) in [5, 5.41) is 14.5. The molecular weight excluding hydrogens is 328 g/mol. The molecule has 0 aliphatic rings. The molecule has 0 fully saturated rings. The Labute approximate surface area is 142 Å². The van der Waals surface area contributed by atoms with Crippen LogP contribution in [0, 0.1) is 11.3 Å². The largest absolute Gasteiger partial charge is 0.362 e. The van der Waals surface area contributed by atoms with Crippen molar-refractivity contribution in [3.8, 4) is 6.07 Å². The Hall–Kier alpha value is -2.75. The summed E-state index contributed by atoms with van der Waals surface area (Å²) in [4.78, 5) is 16.7. The van der Waals surface area contributed by atoms with Gasteiger partial charge in [-0.15, -0.1) is 0 Å². The van der Waals surface area contributed by atoms with E-state index in [9.17, 15) is 10.1 Å². The summed E-state index contributed by atoms with van der Waals surface area (Å²) >= 11 is 6.17. The minimum Gasteiger partial charge on any atom is -0.362 e. The summed E-state index contributed by atoms with van der Waals surface area (Å²) in [6.45, 7) is -0.00964. The van der Waals surface area contributed by atoms with Crippen LogP contribution in [0.1, 0.15) is 17.2 Å². The number of nitriles is 1. The average molecular weight is 341 g/mol. The maximum Gasteiger partial charge on any atom is 0.288 e. The Morgan fingerprint density at radius 3 is 2.88 bits per heavy atom. The molecule has 0 bridgehead atoms. The third-order valence-electron chi connectivity index (χ3n) is 3.62. The van der Waals surface area contributed by atoms with Gasteiger partial charge in [-0.1, -0.05) is 35.9 Å². The van der Waals surface area contributed by atoms with E-state index in [1.165, 1.54) is 13.3 Å². The van der Waals surface area contributed by atoms with Crippen LogP contribution >= 0.6 is 11.6 Å². The summed E-state index contributed by atoms with van der Waals surface area (Å²) in [7, 11) is 1.45. The van der Waals surface area contributed by atoms with Crippen molar-refractivity contribution in [2.75, 3.05) is 7.11 Å². The summed E-state index contributed by atoms with van der Waals surface area (Å²) in [5.41, 5.74) is 1.12. The second-order valence-corrected chi connectivity index (χ2v) is 5.51. The van der Waals surface area contributed by atoms with E-state index in [-0.39, 0.29) is 11.8 Å². The molecule has 1 atom stereocenters. The van der Waals surface area contributed by atoms with Crippen molar-refractivity contribution in [2.24, 2.45) is 0 Å². The van der Waals surface area contributed by atoms with Gasteiger partial charge in [-0.25, -0.2) is 4.68 Å². The number of halogens is 1. The highest BCUT2D eigenvalue weighted by atomic mass is 35.5. The second kappa shape index (κ2) is 6.79. The highest BCUT2D eigenvalue weighted by Gasteiger charge is 2.21. The van der Waals surface area contributed by atoms with Gasteiger partial charge in [-0.3, -0.25) is 9.78 Å². The monoisotopic (exact) mass is 340 g/mol. The van der Waals surface area contributed by atoms with Crippen LogP contribution in [-0.4, -0.2) is 21.9 Å². The number of rotatable bonds is 4. The number of hydrogen-bond donors (Lipinski definition) is 0. The topological polar surface area (TPSA) is 80.8 Å². The van der Waals surface area contributed by atoms with E-state index in [2.05, 4.69) is 16.2 Å². The first-order valence-corrected chi connectivity index (χ1v) is 7.53. The van der Waals surface area contributed by atoms with E-state index in [0.29, 0.717) is 11.3 Å². The highest BCUT2D eigenvalue weighted by molar-refractivity contribution is 6.31. The zero-order valence-electron chi connectivity index (χ0n) is 12.8. The van der Waals surface area contributed by atoms with Crippen LogP contribution in [0.3, 0.4) is 0 Å². The van der Waals surface area contributed by atoms with Gasteiger partial charge in [0.25, 0.3) is 5.56 Å². The molecule has 120 valence electrons. The second-order valence-electron chi connectivity index (χ2n) is 5.13. The lowest BCUT2D eigenvalue weighted by Crippen LogP contribution is -2.25. The van der Waals surface area contributed by atoms with Gasteiger partial charge in [-0.2, -0.15) is 10.4 Å². The summed E-state index contributed by atoms with van der Waals surface area (Å²) < 4.78 is 5.98. The van der Waals surface area contributed by atoms with Crippen molar-refractivity contribution in [1.29, 1.82) is 5.26 Å². The number of aromatic nitrogens is 3. The Balaban J connectivity index is 2.10. The van der Waals surface area contributed by atoms with E-state index in [1.54, 1.807) is 6.07 Å². The summed E-state index contributed by atoms with van der Waals surface area (Å²) in [5.74, 6) is -0.778. The van der Waals surface area contributed by atoms with Gasteiger partial charge in [0, 0.05) is 18.1 Å². The third-order valence-corrected chi connectivity index (χ3v) is 4.00. The first-order valence-electron chi connectivity index (χ1n) is 7.15. The van der Waals surface area contributed by atoms with Crippen molar-refractivity contribution in [3.63, 3.8) is 0 Å². The number of fused-ring (bicyclic) bond motifs is 1. The number of ether oxygens (including phenoxy) is 1. The lowest BCUT2D eigenvalue weighted by molar-refractivity contribution is 0.116. The average Bonchev–Trinajstić information content (AvgIpc) is 2.61. The maximum atomic E-state index is 12.2. The molecule has 1 aromatic carbocycles. The minimum absolute atomic E-state index is 0.00964. The molecule has 1 unspecified atom stereocenters. The van der Waals surface area contributed by atoms with Crippen LogP contribution in [0.15, 0.2) is 47.4 Å². The predicted molar refractivity (Wildman–Crippen MR) is 89.7 cm³/mol. The molecule has 0 aliphatic carbocycles. The SMILES string of the molecule is COCn1ncc(C(C#N)c2ccc3ccccc3n2)c(Cl)c1=O. The van der Waals surface area contributed by atoms with Gasteiger partial charge in [0.1, 0.15) is 17.7 Å². The number of pyridine rings is 1. The van der Waals surface area contributed by atoms with Crippen molar-refractivity contribution < 1.29 is 4.74 Å². The van der Waals surface area contributed by atoms with Gasteiger partial charge in [-0.05, 0) is 12.1 Å². The highest BCUT2D eigenvalue weighted by Crippen LogP contribution is 2.27. The summed E-state index contributed by atoms with van der Waals surface area (Å²) in [6.07, 6.45) is 1.41. The van der Waals surface area contributed by atoms with Crippen molar-refractivity contribution >= 4 is 22.5 Å². The first kappa shape index (κ1) is 16.1. The van der Waals surface area contributed by atoms with Gasteiger partial charge >= 0.3 is 0 Å². The van der Waals surface area contributed by atoms with Crippen LogP contribution in [0.5, 0.6) is 0 Å². The normalized spacial score (nSPS) is 12.0. The van der Waals surface area contributed by atoms with E-state index in [0.717, 1.165) is 15.6 Å². The third kappa shape index (κ3) is 2.87. The Bertz CT molecular complexity index is 994. The molecule has 0 N–H and O–H groups in total. The van der Waals surface area contributed by atoms with Crippen LogP contribution in [0.25, 0.3) is 10.9 Å². The molecule has 3 rings (SSSR count). The lowest BCUT2D eigenvalue weighted by Gasteiger charge is -2.12. The maximum absolute atomic E-state index is 12.2. The Morgan fingerprint density at radius 1 is 1.33 bits per heavy atom. The van der Waals surface area contributed by atoms with E-state index in [1.807, 2.05) is 30.3 Å². The van der Waals surface area contributed by atoms with Gasteiger partial charge in [0.15, 0.2) is 0 Å². The zero-order chi connectivity index (χ0) is 17.1. The molecule has 0 spiro atoms. The van der Waals surface area contributed by atoms with Crippen molar-refractivity contribution in [1.82, 2.24) is 14.8 Å². The molecule has 2 aromatic heterocycles. The zero-order valence-corrected chi connectivity index (χ0v) is 13.6. The smallest absolute Gasteiger partial charge is 0.288 e. The standard InChI is InChI=1S/C17H13ClN4O2/c1-24-10-22-17(23)16(18)13(9-20-22)12(8-19)15-7-6-11-4-2-3-5-14(11)21-15/h2-7,9,12H,10H2,1H3. The molecule has 3 aromatic rings. The Morgan fingerprint density at radius 2 is 2.12 bits per heavy atom. The van der Waals surface area contributed by atoms with Crippen molar-refractivity contribution in [3.05, 3.63) is 69.2 Å². The molecule has 0 radical (unpaired) electrons. The van der Waals surface area contributed by atoms with Crippen LogP contribution in [0.2, 0.25) is 5.02 Å². The molecule has 7 heteroatoms. The summed E-state index contributed by atoms with van der Waals surface area (Å²) in [6, 6.07) is 13.4. The fraction of sp³-hybridized carbons (Fsp3) is 0.176. The number of methoxy groups -OCH3 is 1. The number of benzene rings is 1. The molecule has 0 saturated carbocycles. The van der Waals surface area contributed by atoms with Crippen LogP contribution < -0.4 is 5.56 Å². The molecule has 6 nitrogen and oxygen atoms in total. The molecular formula is C17H13ClN4O2. The molecule has 0 amide bonds. The number of para-hydroxylation sites is 1. The van der Waals surface area contributed by atoms with Crippen LogP contribution in [0.4, 0.5) is 0 Å². The first-order chi connectivity index (χ1) is 11.7. The number of nitrogens with zero attached hydrogens (tertiary/aromatic N) is 4. The van der Waals surface area contributed by atoms with E-state index in [4.69, 9.17) is 16.3 Å². The van der Waals surface area contributed by atoms with Gasteiger partial charge < -0.3 is 4.74 Å². The fourth-order valence-corrected chi connectivity index (χ4v) is 2.69. The molecule has 24 heavy (non-hydrogen) atoms. The number of hydrogen-bond acceptors (Lipinski definition) is 5. The molecule has 2 heterocycles. The fourth-order valence-electron chi connectivity index (χ4n) is 2.43. The quantitative estimate of drug-likeness (QED) is 0.729. The van der Waals surface area contributed by atoms with Gasteiger partial charge in [0.2, 0.25) is 0 Å². The minimum atomic E-state index is -0.778. The predicted octanol–water partition coefficient (Wildman–Crippen LogP) is 2.70. The van der Waals surface area contributed by atoms with Gasteiger partial charge in [0.05, 0.1) is 23.5 Å². The van der Waals surface area contributed by atoms with Crippen LogP contribution in [-0.2, 0) is 11.5 Å². The van der Waals surface area contributed by atoms with E-state index >= 15 is 0 Å². The lowest BCUT2D eigenvalue weighted by atomic mass is 9.98. The van der Waals surface area contributed by atoms with E-state index < -0.39 is 11.5 Å². The Kier molecular flexibility index (Phi) is 4.56. The molecule has 0 saturated heterocycles.